The number of benzene rings is 2. The van der Waals surface area contributed by atoms with Gasteiger partial charge >= 0.3 is 11.9 Å². The van der Waals surface area contributed by atoms with Gasteiger partial charge in [-0.15, -0.1) is 0 Å². The zero-order valence-corrected chi connectivity index (χ0v) is 21.8. The van der Waals surface area contributed by atoms with E-state index in [1.165, 1.54) is 5.56 Å². The Morgan fingerprint density at radius 3 is 2.22 bits per heavy atom. The average molecular weight is 561 g/mol. The van der Waals surface area contributed by atoms with Gasteiger partial charge in [-0.3, -0.25) is 9.69 Å². The normalized spacial score (nSPS) is 18.7. The molecule has 1 unspecified atom stereocenters. The molecule has 36 heavy (non-hydrogen) atoms. The van der Waals surface area contributed by atoms with Gasteiger partial charge in [0.15, 0.2) is 0 Å². The number of halogens is 1. The SMILES string of the molecule is O=C(C1CCCN(Cc2cc(Br)ccc2O)C1)N1CCC(Cc2ccccc2)CC1.O=C(O)C(=O)O. The fourth-order valence-electron chi connectivity index (χ4n) is 4.89. The average Bonchev–Trinajstić information content (AvgIpc) is 2.87. The molecule has 1 atom stereocenters. The van der Waals surface area contributed by atoms with Gasteiger partial charge in [-0.1, -0.05) is 46.3 Å². The van der Waals surface area contributed by atoms with Gasteiger partial charge in [0.05, 0.1) is 5.92 Å². The standard InChI is InChI=1S/C25H31BrN2O2.C2H2O4/c26-23-8-9-24(29)22(16-23)18-27-12-4-7-21(17-27)25(30)28-13-10-20(11-14-28)15-19-5-2-1-3-6-19;3-1(4)2(5)6/h1-3,5-6,8-9,16,20-21,29H,4,7,10-15,17-18H2;(H,3,4)(H,5,6). The van der Waals surface area contributed by atoms with E-state index in [1.54, 1.807) is 6.07 Å². The topological polar surface area (TPSA) is 118 Å². The highest BCUT2D eigenvalue weighted by molar-refractivity contribution is 9.10. The molecule has 0 saturated carbocycles. The summed E-state index contributed by atoms with van der Waals surface area (Å²) in [6.45, 7) is 4.23. The predicted molar refractivity (Wildman–Crippen MR) is 139 cm³/mol. The van der Waals surface area contributed by atoms with Crippen molar-refractivity contribution >= 4 is 33.8 Å². The molecule has 194 valence electrons. The van der Waals surface area contributed by atoms with E-state index in [9.17, 15) is 9.90 Å². The van der Waals surface area contributed by atoms with Crippen LogP contribution in [0.15, 0.2) is 53.0 Å². The van der Waals surface area contributed by atoms with Gasteiger partial charge in [-0.25, -0.2) is 9.59 Å². The molecule has 2 aromatic rings. The van der Waals surface area contributed by atoms with Crippen LogP contribution in [0.3, 0.4) is 0 Å². The van der Waals surface area contributed by atoms with E-state index >= 15 is 0 Å². The van der Waals surface area contributed by atoms with E-state index in [1.807, 2.05) is 12.1 Å². The maximum atomic E-state index is 13.2. The lowest BCUT2D eigenvalue weighted by molar-refractivity contribution is -0.159. The number of phenolic OH excluding ortho intramolecular Hbond substituents is 1. The van der Waals surface area contributed by atoms with E-state index in [4.69, 9.17) is 19.8 Å². The van der Waals surface area contributed by atoms with Crippen molar-refractivity contribution in [3.63, 3.8) is 0 Å². The number of aromatic hydroxyl groups is 1. The van der Waals surface area contributed by atoms with Gasteiger partial charge in [0.25, 0.3) is 0 Å². The first-order valence-electron chi connectivity index (χ1n) is 12.2. The Kier molecular flexibility index (Phi) is 10.3. The molecular formula is C27H33BrN2O6. The third kappa shape index (κ3) is 8.34. The monoisotopic (exact) mass is 560 g/mol. The highest BCUT2D eigenvalue weighted by atomic mass is 79.9. The van der Waals surface area contributed by atoms with E-state index in [-0.39, 0.29) is 5.92 Å². The number of piperidine rings is 2. The minimum Gasteiger partial charge on any atom is -0.508 e. The van der Waals surface area contributed by atoms with Crippen LogP contribution in [-0.2, 0) is 27.3 Å². The van der Waals surface area contributed by atoms with E-state index in [0.29, 0.717) is 24.1 Å². The van der Waals surface area contributed by atoms with E-state index in [2.05, 4.69) is 56.1 Å². The van der Waals surface area contributed by atoms with Crippen LogP contribution in [-0.4, -0.2) is 69.1 Å². The van der Waals surface area contributed by atoms with Crippen molar-refractivity contribution in [3.8, 4) is 5.75 Å². The molecule has 2 heterocycles. The molecule has 2 aliphatic rings. The summed E-state index contributed by atoms with van der Waals surface area (Å²) in [6, 6.07) is 16.2. The Morgan fingerprint density at radius 1 is 0.917 bits per heavy atom. The molecule has 0 radical (unpaired) electrons. The van der Waals surface area contributed by atoms with Gasteiger partial charge in [-0.05, 0) is 68.3 Å². The Morgan fingerprint density at radius 2 is 1.58 bits per heavy atom. The summed E-state index contributed by atoms with van der Waals surface area (Å²) >= 11 is 3.48. The summed E-state index contributed by atoms with van der Waals surface area (Å²) in [7, 11) is 0. The smallest absolute Gasteiger partial charge is 0.414 e. The van der Waals surface area contributed by atoms with Crippen molar-refractivity contribution in [2.45, 2.75) is 38.6 Å². The lowest BCUT2D eigenvalue weighted by Gasteiger charge is -2.38. The number of amides is 1. The molecule has 3 N–H and O–H groups in total. The van der Waals surface area contributed by atoms with Gasteiger partial charge in [-0.2, -0.15) is 0 Å². The lowest BCUT2D eigenvalue weighted by atomic mass is 9.89. The molecule has 0 bridgehead atoms. The van der Waals surface area contributed by atoms with Gasteiger partial charge in [0.1, 0.15) is 5.75 Å². The second kappa shape index (κ2) is 13.4. The number of hydrogen-bond acceptors (Lipinski definition) is 5. The van der Waals surface area contributed by atoms with Crippen LogP contribution in [0.2, 0.25) is 0 Å². The number of hydrogen-bond donors (Lipinski definition) is 3. The number of nitrogens with zero attached hydrogens (tertiary/aromatic N) is 2. The minimum atomic E-state index is -1.82. The fourth-order valence-corrected chi connectivity index (χ4v) is 5.29. The molecule has 0 spiro atoms. The van der Waals surface area contributed by atoms with Crippen molar-refractivity contribution in [1.29, 1.82) is 0 Å². The Bertz CT molecular complexity index is 1030. The van der Waals surface area contributed by atoms with Crippen molar-refractivity contribution in [2.75, 3.05) is 26.2 Å². The Labute approximate surface area is 219 Å². The maximum Gasteiger partial charge on any atom is 0.414 e. The van der Waals surface area contributed by atoms with Gasteiger partial charge in [0.2, 0.25) is 5.91 Å². The first-order chi connectivity index (χ1) is 17.2. The Hall–Kier alpha value is -2.91. The number of likely N-dealkylation sites (tertiary alicyclic amines) is 2. The summed E-state index contributed by atoms with van der Waals surface area (Å²) in [6.07, 6.45) is 5.33. The highest BCUT2D eigenvalue weighted by Crippen LogP contribution is 2.28. The van der Waals surface area contributed by atoms with Crippen LogP contribution < -0.4 is 0 Å². The summed E-state index contributed by atoms with van der Waals surface area (Å²) in [4.78, 5) is 35.8. The molecule has 2 aliphatic heterocycles. The number of carbonyl (C=O) groups is 3. The lowest BCUT2D eigenvalue weighted by Crippen LogP contribution is -2.47. The Balaban J connectivity index is 0.000000538. The number of carboxylic acids is 2. The summed E-state index contributed by atoms with van der Waals surface area (Å²) in [5.74, 6) is -2.23. The van der Waals surface area contributed by atoms with Crippen LogP contribution >= 0.6 is 15.9 Å². The number of carboxylic acid groups (broad SMARTS) is 2. The van der Waals surface area contributed by atoms with Crippen LogP contribution in [0.25, 0.3) is 0 Å². The van der Waals surface area contributed by atoms with Crippen LogP contribution in [0.5, 0.6) is 5.75 Å². The molecule has 2 aromatic carbocycles. The summed E-state index contributed by atoms with van der Waals surface area (Å²) in [5, 5.41) is 24.9. The molecule has 1 amide bonds. The van der Waals surface area contributed by atoms with Crippen molar-refractivity contribution in [2.24, 2.45) is 11.8 Å². The zero-order chi connectivity index (χ0) is 26.1. The molecule has 2 fully saturated rings. The molecule has 2 saturated heterocycles. The number of rotatable bonds is 5. The van der Waals surface area contributed by atoms with Gasteiger partial charge in [0, 0.05) is 36.2 Å². The number of aliphatic carboxylic acids is 2. The largest absolute Gasteiger partial charge is 0.508 e. The maximum absolute atomic E-state index is 13.2. The van der Waals surface area contributed by atoms with E-state index < -0.39 is 11.9 Å². The molecule has 0 aromatic heterocycles. The van der Waals surface area contributed by atoms with E-state index in [0.717, 1.165) is 68.3 Å². The zero-order valence-electron chi connectivity index (χ0n) is 20.2. The summed E-state index contributed by atoms with van der Waals surface area (Å²) < 4.78 is 0.971. The van der Waals surface area contributed by atoms with Crippen molar-refractivity contribution in [3.05, 3.63) is 64.1 Å². The third-order valence-corrected chi connectivity index (χ3v) is 7.26. The number of carbonyl (C=O) groups excluding carboxylic acids is 1. The van der Waals surface area contributed by atoms with Crippen LogP contribution in [0, 0.1) is 11.8 Å². The van der Waals surface area contributed by atoms with Crippen molar-refractivity contribution in [1.82, 2.24) is 9.80 Å². The fraction of sp³-hybridized carbons (Fsp3) is 0.444. The molecule has 9 heteroatoms. The van der Waals surface area contributed by atoms with Crippen LogP contribution in [0.4, 0.5) is 0 Å². The van der Waals surface area contributed by atoms with Crippen LogP contribution in [0.1, 0.15) is 36.8 Å². The first-order valence-corrected chi connectivity index (χ1v) is 13.0. The second-order valence-corrected chi connectivity index (χ2v) is 10.3. The van der Waals surface area contributed by atoms with Gasteiger partial charge < -0.3 is 20.2 Å². The molecule has 8 nitrogen and oxygen atoms in total. The predicted octanol–water partition coefficient (Wildman–Crippen LogP) is 4.00. The third-order valence-electron chi connectivity index (χ3n) is 6.77. The first kappa shape index (κ1) is 27.7. The molecule has 4 rings (SSSR count). The minimum absolute atomic E-state index is 0.0821. The molecular weight excluding hydrogens is 528 g/mol. The number of phenols is 1. The second-order valence-electron chi connectivity index (χ2n) is 9.42. The van der Waals surface area contributed by atoms with Crippen molar-refractivity contribution < 1.29 is 29.7 Å². The molecule has 0 aliphatic carbocycles. The summed E-state index contributed by atoms with van der Waals surface area (Å²) in [5.41, 5.74) is 2.32. The quantitative estimate of drug-likeness (QED) is 0.473. The highest BCUT2D eigenvalue weighted by Gasteiger charge is 2.31.